The standard InChI is InChI=1S/C14H23N3O3S/c1-10-14(5-6-20-10)16(2)21(18,19)13-7-12(8-15)17(9-13)11-3-4-11/h7,9-11,14H,3-6,8,15H2,1-2H3. The number of nitrogens with zero attached hydrogens (tertiary/aromatic N) is 2. The van der Waals surface area contributed by atoms with Gasteiger partial charge in [0.25, 0.3) is 0 Å². The third-order valence-electron chi connectivity index (χ3n) is 4.54. The number of nitrogens with two attached hydrogens (primary N) is 1. The van der Waals surface area contributed by atoms with E-state index in [0.29, 0.717) is 24.1 Å². The van der Waals surface area contributed by atoms with Gasteiger partial charge in [0, 0.05) is 38.1 Å². The molecule has 3 rings (SSSR count). The molecule has 1 aliphatic heterocycles. The van der Waals surface area contributed by atoms with E-state index in [2.05, 4.69) is 0 Å². The molecule has 21 heavy (non-hydrogen) atoms. The first-order valence-corrected chi connectivity index (χ1v) is 8.89. The molecule has 2 aliphatic rings. The molecule has 2 unspecified atom stereocenters. The van der Waals surface area contributed by atoms with Crippen LogP contribution in [0.25, 0.3) is 0 Å². The number of aromatic nitrogens is 1. The number of hydrogen-bond donors (Lipinski definition) is 1. The molecule has 0 bridgehead atoms. The lowest BCUT2D eigenvalue weighted by Crippen LogP contribution is -2.40. The van der Waals surface area contributed by atoms with Crippen LogP contribution in [0.1, 0.15) is 37.9 Å². The van der Waals surface area contributed by atoms with E-state index in [1.165, 1.54) is 4.31 Å². The highest BCUT2D eigenvalue weighted by Crippen LogP contribution is 2.37. The highest BCUT2D eigenvalue weighted by atomic mass is 32.2. The van der Waals surface area contributed by atoms with Crippen LogP contribution in [0.2, 0.25) is 0 Å². The van der Waals surface area contributed by atoms with Gasteiger partial charge in [0.1, 0.15) is 4.90 Å². The van der Waals surface area contributed by atoms with E-state index in [0.717, 1.165) is 25.0 Å². The van der Waals surface area contributed by atoms with Gasteiger partial charge in [-0.25, -0.2) is 8.42 Å². The van der Waals surface area contributed by atoms with Crippen LogP contribution in [0.4, 0.5) is 0 Å². The summed E-state index contributed by atoms with van der Waals surface area (Å²) in [6.45, 7) is 2.89. The van der Waals surface area contributed by atoms with E-state index in [-0.39, 0.29) is 12.1 Å². The van der Waals surface area contributed by atoms with E-state index < -0.39 is 10.0 Å². The van der Waals surface area contributed by atoms with Crippen LogP contribution >= 0.6 is 0 Å². The molecule has 6 nitrogen and oxygen atoms in total. The summed E-state index contributed by atoms with van der Waals surface area (Å²) >= 11 is 0. The molecule has 1 saturated carbocycles. The predicted molar refractivity (Wildman–Crippen MR) is 79.4 cm³/mol. The summed E-state index contributed by atoms with van der Waals surface area (Å²) in [5, 5.41) is 0. The van der Waals surface area contributed by atoms with E-state index >= 15 is 0 Å². The van der Waals surface area contributed by atoms with Crippen LogP contribution in [0.5, 0.6) is 0 Å². The molecule has 0 spiro atoms. The second-order valence-corrected chi connectivity index (χ2v) is 7.96. The Morgan fingerprint density at radius 2 is 2.14 bits per heavy atom. The Balaban J connectivity index is 1.90. The van der Waals surface area contributed by atoms with Gasteiger partial charge in [0.05, 0.1) is 12.1 Å². The maximum atomic E-state index is 12.8. The minimum absolute atomic E-state index is 0.0655. The molecule has 1 aromatic rings. The smallest absolute Gasteiger partial charge is 0.244 e. The maximum absolute atomic E-state index is 12.8. The summed E-state index contributed by atoms with van der Waals surface area (Å²) < 4.78 is 34.6. The van der Waals surface area contributed by atoms with Crippen molar-refractivity contribution < 1.29 is 13.2 Å². The zero-order chi connectivity index (χ0) is 15.2. The highest BCUT2D eigenvalue weighted by Gasteiger charge is 2.36. The zero-order valence-electron chi connectivity index (χ0n) is 12.5. The van der Waals surface area contributed by atoms with Crippen molar-refractivity contribution in [1.29, 1.82) is 0 Å². The van der Waals surface area contributed by atoms with Crippen molar-refractivity contribution in [3.63, 3.8) is 0 Å². The Morgan fingerprint density at radius 3 is 2.67 bits per heavy atom. The van der Waals surface area contributed by atoms with Crippen molar-refractivity contribution in [2.24, 2.45) is 5.73 Å². The molecular weight excluding hydrogens is 290 g/mol. The molecule has 0 aromatic carbocycles. The minimum atomic E-state index is -3.50. The summed E-state index contributed by atoms with van der Waals surface area (Å²) in [6, 6.07) is 2.04. The van der Waals surface area contributed by atoms with Crippen molar-refractivity contribution in [3.05, 3.63) is 18.0 Å². The second-order valence-electron chi connectivity index (χ2n) is 5.96. The number of rotatable bonds is 5. The number of sulfonamides is 1. The fourth-order valence-corrected chi connectivity index (χ4v) is 4.53. The van der Waals surface area contributed by atoms with Gasteiger partial charge in [-0.15, -0.1) is 0 Å². The van der Waals surface area contributed by atoms with Crippen LogP contribution in [0, 0.1) is 0 Å². The zero-order valence-corrected chi connectivity index (χ0v) is 13.3. The number of ether oxygens (including phenoxy) is 1. The summed E-state index contributed by atoms with van der Waals surface area (Å²) in [4.78, 5) is 0.344. The van der Waals surface area contributed by atoms with Crippen LogP contribution in [0.3, 0.4) is 0 Å². The monoisotopic (exact) mass is 313 g/mol. The lowest BCUT2D eigenvalue weighted by molar-refractivity contribution is 0.102. The van der Waals surface area contributed by atoms with Crippen molar-refractivity contribution in [3.8, 4) is 0 Å². The lowest BCUT2D eigenvalue weighted by Gasteiger charge is -2.25. The molecule has 0 radical (unpaired) electrons. The molecule has 1 aliphatic carbocycles. The Kier molecular flexibility index (Phi) is 3.85. The Morgan fingerprint density at radius 1 is 1.43 bits per heavy atom. The van der Waals surface area contributed by atoms with Gasteiger partial charge < -0.3 is 15.0 Å². The SMILES string of the molecule is CC1OCCC1N(C)S(=O)(=O)c1cc(CN)n(C2CC2)c1. The molecular formula is C14H23N3O3S. The van der Waals surface area contributed by atoms with Crippen LogP contribution < -0.4 is 5.73 Å². The molecule has 7 heteroatoms. The molecule has 0 amide bonds. The summed E-state index contributed by atoms with van der Waals surface area (Å²) in [6.07, 6.45) is 4.62. The normalized spacial score (nSPS) is 26.7. The van der Waals surface area contributed by atoms with Crippen molar-refractivity contribution >= 4 is 10.0 Å². The fourth-order valence-electron chi connectivity index (χ4n) is 3.04. The molecule has 2 atom stereocenters. The molecule has 118 valence electrons. The molecule has 1 aromatic heterocycles. The topological polar surface area (TPSA) is 77.6 Å². The summed E-state index contributed by atoms with van der Waals surface area (Å²) in [5.74, 6) is 0. The van der Waals surface area contributed by atoms with E-state index in [1.54, 1.807) is 19.3 Å². The highest BCUT2D eigenvalue weighted by molar-refractivity contribution is 7.89. The van der Waals surface area contributed by atoms with E-state index in [9.17, 15) is 8.42 Å². The molecule has 1 saturated heterocycles. The third-order valence-corrected chi connectivity index (χ3v) is 6.38. The second kappa shape index (κ2) is 5.39. The number of hydrogen-bond acceptors (Lipinski definition) is 4. The Hall–Kier alpha value is -0.890. The van der Waals surface area contributed by atoms with Gasteiger partial charge in [-0.1, -0.05) is 0 Å². The molecule has 2 fully saturated rings. The lowest BCUT2D eigenvalue weighted by atomic mass is 10.2. The largest absolute Gasteiger partial charge is 0.377 e. The van der Waals surface area contributed by atoms with Gasteiger partial charge in [0.2, 0.25) is 10.0 Å². The van der Waals surface area contributed by atoms with E-state index in [1.807, 2.05) is 11.5 Å². The van der Waals surface area contributed by atoms with Crippen molar-refractivity contribution in [2.75, 3.05) is 13.7 Å². The average Bonchev–Trinajstić information content (AvgIpc) is 3.06. The fraction of sp³-hybridized carbons (Fsp3) is 0.714. The summed E-state index contributed by atoms with van der Waals surface area (Å²) in [7, 11) is -1.86. The quantitative estimate of drug-likeness (QED) is 0.882. The average molecular weight is 313 g/mol. The maximum Gasteiger partial charge on any atom is 0.244 e. The van der Waals surface area contributed by atoms with Crippen molar-refractivity contribution in [2.45, 2.75) is 55.8 Å². The van der Waals surface area contributed by atoms with Gasteiger partial charge in [-0.3, -0.25) is 0 Å². The first-order chi connectivity index (χ1) is 9.95. The molecule has 2 N–H and O–H groups in total. The predicted octanol–water partition coefficient (Wildman–Crippen LogP) is 1.08. The van der Waals surface area contributed by atoms with Crippen LogP contribution in [-0.4, -0.2) is 43.1 Å². The van der Waals surface area contributed by atoms with Gasteiger partial charge in [-0.05, 0) is 32.3 Å². The minimum Gasteiger partial charge on any atom is -0.377 e. The van der Waals surface area contributed by atoms with Gasteiger partial charge in [-0.2, -0.15) is 4.31 Å². The third kappa shape index (κ3) is 2.63. The van der Waals surface area contributed by atoms with Crippen LogP contribution in [0.15, 0.2) is 17.2 Å². The number of likely N-dealkylation sites (N-methyl/N-ethyl adjacent to an activating group) is 1. The van der Waals surface area contributed by atoms with Gasteiger partial charge in [0.15, 0.2) is 0 Å². The molecule has 2 heterocycles. The van der Waals surface area contributed by atoms with E-state index in [4.69, 9.17) is 10.5 Å². The first-order valence-electron chi connectivity index (χ1n) is 7.45. The van der Waals surface area contributed by atoms with Crippen LogP contribution in [-0.2, 0) is 21.3 Å². The van der Waals surface area contributed by atoms with Gasteiger partial charge >= 0.3 is 0 Å². The van der Waals surface area contributed by atoms with Crippen molar-refractivity contribution in [1.82, 2.24) is 8.87 Å². The first kappa shape index (κ1) is 15.0. The Labute approximate surface area is 125 Å². The summed E-state index contributed by atoms with van der Waals surface area (Å²) in [5.41, 5.74) is 6.63. The Bertz CT molecular complexity index is 621.